The second-order valence-electron chi connectivity index (χ2n) is 6.00. The van der Waals surface area contributed by atoms with Crippen LogP contribution in [0.2, 0.25) is 0 Å². The second-order valence-corrected chi connectivity index (χ2v) is 7.94. The lowest BCUT2D eigenvalue weighted by Crippen LogP contribution is -2.54. The van der Waals surface area contributed by atoms with E-state index >= 15 is 0 Å². The maximum atomic E-state index is 12.2. The third-order valence-electron chi connectivity index (χ3n) is 4.20. The van der Waals surface area contributed by atoms with E-state index in [9.17, 15) is 13.5 Å². The average molecular weight is 261 g/mol. The highest BCUT2D eigenvalue weighted by Crippen LogP contribution is 2.40. The van der Waals surface area contributed by atoms with Crippen LogP contribution in [0.5, 0.6) is 0 Å². The number of rotatable bonds is 2. The van der Waals surface area contributed by atoms with Crippen molar-refractivity contribution < 1.29 is 13.5 Å². The molecule has 2 fully saturated rings. The molecule has 1 saturated carbocycles. The molecule has 0 amide bonds. The molecule has 0 aromatic carbocycles. The van der Waals surface area contributed by atoms with E-state index in [4.69, 9.17) is 0 Å². The van der Waals surface area contributed by atoms with Crippen molar-refractivity contribution >= 4 is 10.0 Å². The summed E-state index contributed by atoms with van der Waals surface area (Å²) in [6.07, 6.45) is 3.77. The zero-order valence-electron chi connectivity index (χ0n) is 10.7. The Kier molecular flexibility index (Phi) is 3.54. The topological polar surface area (TPSA) is 57.6 Å². The molecule has 5 heteroatoms. The molecule has 4 nitrogen and oxygen atoms in total. The van der Waals surface area contributed by atoms with E-state index < -0.39 is 15.6 Å². The molecule has 100 valence electrons. The van der Waals surface area contributed by atoms with Crippen molar-refractivity contribution in [3.8, 4) is 0 Å². The lowest BCUT2D eigenvalue weighted by atomic mass is 9.76. The molecule has 1 saturated heterocycles. The van der Waals surface area contributed by atoms with Gasteiger partial charge < -0.3 is 5.11 Å². The Hall–Kier alpha value is -0.130. The monoisotopic (exact) mass is 261 g/mol. The Labute approximate surface area is 104 Å². The molecule has 0 radical (unpaired) electrons. The van der Waals surface area contributed by atoms with E-state index in [2.05, 4.69) is 6.92 Å². The van der Waals surface area contributed by atoms with E-state index in [1.54, 1.807) is 4.31 Å². The van der Waals surface area contributed by atoms with Gasteiger partial charge in [0.2, 0.25) is 10.0 Å². The van der Waals surface area contributed by atoms with Gasteiger partial charge in [-0.1, -0.05) is 26.7 Å². The highest BCUT2D eigenvalue weighted by Gasteiger charge is 2.49. The maximum Gasteiger partial charge on any atom is 0.215 e. The normalized spacial score (nSPS) is 42.8. The maximum absolute atomic E-state index is 12.2. The van der Waals surface area contributed by atoms with Gasteiger partial charge in [-0.05, 0) is 24.7 Å². The van der Waals surface area contributed by atoms with E-state index in [-0.39, 0.29) is 18.3 Å². The Morgan fingerprint density at radius 3 is 2.53 bits per heavy atom. The van der Waals surface area contributed by atoms with Gasteiger partial charge in [0.05, 0.1) is 17.9 Å². The van der Waals surface area contributed by atoms with Crippen molar-refractivity contribution in [1.82, 2.24) is 4.31 Å². The smallest absolute Gasteiger partial charge is 0.215 e. The number of hydrogen-bond acceptors (Lipinski definition) is 3. The van der Waals surface area contributed by atoms with Gasteiger partial charge in [-0.15, -0.1) is 0 Å². The van der Waals surface area contributed by atoms with Gasteiger partial charge in [0.25, 0.3) is 0 Å². The highest BCUT2D eigenvalue weighted by molar-refractivity contribution is 7.89. The summed E-state index contributed by atoms with van der Waals surface area (Å²) in [6, 6.07) is 0. The molecule has 2 rings (SSSR count). The van der Waals surface area contributed by atoms with Crippen LogP contribution in [0, 0.1) is 11.8 Å². The fourth-order valence-electron chi connectivity index (χ4n) is 3.47. The van der Waals surface area contributed by atoms with Crippen molar-refractivity contribution in [2.24, 2.45) is 11.8 Å². The average Bonchev–Trinajstić information content (AvgIpc) is 2.52. The molecule has 1 N–H and O–H groups in total. The summed E-state index contributed by atoms with van der Waals surface area (Å²) in [4.78, 5) is 0. The van der Waals surface area contributed by atoms with Crippen LogP contribution in [0.3, 0.4) is 0 Å². The van der Waals surface area contributed by atoms with Gasteiger partial charge >= 0.3 is 0 Å². The SMILES string of the molecule is CC1CCCC(CO)(N2CC(C)CS2(=O)=O)C1. The predicted molar refractivity (Wildman–Crippen MR) is 67.1 cm³/mol. The molecule has 3 atom stereocenters. The fraction of sp³-hybridized carbons (Fsp3) is 1.00. The molecule has 1 heterocycles. The fourth-order valence-corrected chi connectivity index (χ4v) is 5.77. The third-order valence-corrected chi connectivity index (χ3v) is 6.40. The van der Waals surface area contributed by atoms with Crippen LogP contribution in [0.25, 0.3) is 0 Å². The van der Waals surface area contributed by atoms with Crippen LogP contribution in [-0.4, -0.2) is 42.3 Å². The molecule has 0 bridgehead atoms. The Bertz CT molecular complexity index is 381. The van der Waals surface area contributed by atoms with E-state index in [1.165, 1.54) is 0 Å². The minimum Gasteiger partial charge on any atom is -0.394 e. The van der Waals surface area contributed by atoms with Crippen molar-refractivity contribution in [3.05, 3.63) is 0 Å². The first-order valence-corrected chi connectivity index (χ1v) is 8.12. The van der Waals surface area contributed by atoms with Gasteiger partial charge in [0, 0.05) is 6.54 Å². The first kappa shape index (κ1) is 13.3. The Morgan fingerprint density at radius 2 is 2.06 bits per heavy atom. The third kappa shape index (κ3) is 2.37. The summed E-state index contributed by atoms with van der Waals surface area (Å²) in [6.45, 7) is 4.66. The van der Waals surface area contributed by atoms with Crippen LogP contribution in [0.1, 0.15) is 39.5 Å². The molecular formula is C12H23NO3S. The zero-order chi connectivity index (χ0) is 12.7. The summed E-state index contributed by atoms with van der Waals surface area (Å²) in [5.74, 6) is 0.922. The van der Waals surface area contributed by atoms with Crippen LogP contribution in [0.15, 0.2) is 0 Å². The Balaban J connectivity index is 2.29. The van der Waals surface area contributed by atoms with E-state index in [1.807, 2.05) is 6.92 Å². The Morgan fingerprint density at radius 1 is 1.35 bits per heavy atom. The van der Waals surface area contributed by atoms with Crippen molar-refractivity contribution in [3.63, 3.8) is 0 Å². The summed E-state index contributed by atoms with van der Waals surface area (Å²) in [5.41, 5.74) is -0.513. The van der Waals surface area contributed by atoms with Gasteiger partial charge in [-0.2, -0.15) is 4.31 Å². The molecule has 0 aromatic heterocycles. The van der Waals surface area contributed by atoms with E-state index in [0.29, 0.717) is 12.5 Å². The second kappa shape index (κ2) is 4.52. The van der Waals surface area contributed by atoms with Crippen LogP contribution < -0.4 is 0 Å². The molecule has 2 aliphatic rings. The molecule has 1 aliphatic carbocycles. The van der Waals surface area contributed by atoms with E-state index in [0.717, 1.165) is 25.7 Å². The quantitative estimate of drug-likeness (QED) is 0.813. The standard InChI is InChI=1S/C12H23NO3S/c1-10-4-3-5-12(6-10,9-14)13-7-11(2)8-17(13,15)16/h10-11,14H,3-9H2,1-2H3. The number of aliphatic hydroxyl groups is 1. The highest BCUT2D eigenvalue weighted by atomic mass is 32.2. The van der Waals surface area contributed by atoms with Gasteiger partial charge in [-0.25, -0.2) is 8.42 Å². The zero-order valence-corrected chi connectivity index (χ0v) is 11.5. The lowest BCUT2D eigenvalue weighted by molar-refractivity contribution is 0.0402. The molecule has 3 unspecified atom stereocenters. The number of hydrogen-bond donors (Lipinski definition) is 1. The number of sulfonamides is 1. The number of aliphatic hydroxyl groups excluding tert-OH is 1. The minimum absolute atomic E-state index is 0.0384. The molecular weight excluding hydrogens is 238 g/mol. The first-order chi connectivity index (χ1) is 7.89. The molecule has 0 aromatic rings. The lowest BCUT2D eigenvalue weighted by Gasteiger charge is -2.44. The van der Waals surface area contributed by atoms with Crippen molar-refractivity contribution in [2.75, 3.05) is 18.9 Å². The predicted octanol–water partition coefficient (Wildman–Crippen LogP) is 1.21. The van der Waals surface area contributed by atoms with Gasteiger partial charge in [0.1, 0.15) is 0 Å². The van der Waals surface area contributed by atoms with Crippen LogP contribution >= 0.6 is 0 Å². The number of nitrogens with zero attached hydrogens (tertiary/aromatic N) is 1. The van der Waals surface area contributed by atoms with Gasteiger partial charge in [0.15, 0.2) is 0 Å². The summed E-state index contributed by atoms with van der Waals surface area (Å²) >= 11 is 0. The largest absolute Gasteiger partial charge is 0.394 e. The van der Waals surface area contributed by atoms with Crippen LogP contribution in [0.4, 0.5) is 0 Å². The van der Waals surface area contributed by atoms with Crippen molar-refractivity contribution in [1.29, 1.82) is 0 Å². The summed E-state index contributed by atoms with van der Waals surface area (Å²) in [7, 11) is -3.16. The molecule has 17 heavy (non-hydrogen) atoms. The summed E-state index contributed by atoms with van der Waals surface area (Å²) in [5, 5.41) is 9.73. The molecule has 0 spiro atoms. The molecule has 1 aliphatic heterocycles. The minimum atomic E-state index is -3.16. The van der Waals surface area contributed by atoms with Gasteiger partial charge in [-0.3, -0.25) is 0 Å². The summed E-state index contributed by atoms with van der Waals surface area (Å²) < 4.78 is 25.9. The first-order valence-electron chi connectivity index (χ1n) is 6.51. The van der Waals surface area contributed by atoms with Crippen molar-refractivity contribution in [2.45, 2.75) is 45.1 Å². The van der Waals surface area contributed by atoms with Crippen LogP contribution in [-0.2, 0) is 10.0 Å².